The Morgan fingerprint density at radius 2 is 2.06 bits per heavy atom. The Labute approximate surface area is 110 Å². The average molecular weight is 248 g/mol. The van der Waals surface area contributed by atoms with Crippen LogP contribution < -0.4 is 5.32 Å². The maximum absolute atomic E-state index is 11.8. The fraction of sp³-hybridized carbons (Fsp3) is 0.533. The molecule has 1 aromatic rings. The van der Waals surface area contributed by atoms with Crippen LogP contribution in [-0.2, 0) is 11.2 Å². The first-order valence-electron chi connectivity index (χ1n) is 6.49. The van der Waals surface area contributed by atoms with Gasteiger partial charge in [0, 0.05) is 26.6 Å². The van der Waals surface area contributed by atoms with Gasteiger partial charge in [-0.3, -0.25) is 4.79 Å². The fourth-order valence-electron chi connectivity index (χ4n) is 1.91. The van der Waals surface area contributed by atoms with Gasteiger partial charge in [0.05, 0.1) is 0 Å². The Hall–Kier alpha value is -1.35. The zero-order valence-electron chi connectivity index (χ0n) is 11.9. The second-order valence-corrected chi connectivity index (χ2v) is 4.85. The number of hydrogen-bond donors (Lipinski definition) is 1. The Balaban J connectivity index is 2.49. The molecule has 100 valence electrons. The van der Waals surface area contributed by atoms with Gasteiger partial charge < -0.3 is 10.2 Å². The molecule has 1 N–H and O–H groups in total. The van der Waals surface area contributed by atoms with Gasteiger partial charge in [0.2, 0.25) is 5.91 Å². The Bertz CT molecular complexity index is 401. The molecular weight excluding hydrogens is 224 g/mol. The molecule has 0 aromatic heterocycles. The third-order valence-corrected chi connectivity index (χ3v) is 3.24. The van der Waals surface area contributed by atoms with E-state index in [2.05, 4.69) is 37.4 Å². The predicted molar refractivity (Wildman–Crippen MR) is 75.8 cm³/mol. The molecule has 0 atom stereocenters. The van der Waals surface area contributed by atoms with Crippen molar-refractivity contribution in [2.75, 3.05) is 27.2 Å². The number of nitrogens with one attached hydrogen (secondary N) is 1. The summed E-state index contributed by atoms with van der Waals surface area (Å²) in [4.78, 5) is 13.6. The number of hydrogen-bond acceptors (Lipinski definition) is 2. The summed E-state index contributed by atoms with van der Waals surface area (Å²) in [7, 11) is 3.74. The number of carbonyl (C=O) groups is 1. The predicted octanol–water partition coefficient (Wildman–Crippen LogP) is 1.91. The van der Waals surface area contributed by atoms with Crippen molar-refractivity contribution in [2.24, 2.45) is 0 Å². The topological polar surface area (TPSA) is 32.3 Å². The van der Waals surface area contributed by atoms with Gasteiger partial charge in [-0.05, 0) is 38.4 Å². The number of benzene rings is 1. The molecule has 0 aliphatic heterocycles. The van der Waals surface area contributed by atoms with Crippen molar-refractivity contribution >= 4 is 5.91 Å². The van der Waals surface area contributed by atoms with E-state index in [1.54, 1.807) is 0 Å². The fourth-order valence-corrected chi connectivity index (χ4v) is 1.91. The summed E-state index contributed by atoms with van der Waals surface area (Å²) in [6.45, 7) is 5.75. The van der Waals surface area contributed by atoms with Crippen LogP contribution in [0.5, 0.6) is 0 Å². The van der Waals surface area contributed by atoms with Crippen LogP contribution in [0.15, 0.2) is 18.2 Å². The van der Waals surface area contributed by atoms with Crippen molar-refractivity contribution in [1.29, 1.82) is 0 Å². The number of likely N-dealkylation sites (N-methyl/N-ethyl adjacent to an activating group) is 1. The van der Waals surface area contributed by atoms with Crippen molar-refractivity contribution in [3.8, 4) is 0 Å². The van der Waals surface area contributed by atoms with Crippen molar-refractivity contribution in [3.05, 3.63) is 34.9 Å². The summed E-state index contributed by atoms with van der Waals surface area (Å²) in [5.41, 5.74) is 3.92. The second kappa shape index (κ2) is 7.17. The third kappa shape index (κ3) is 4.49. The Morgan fingerprint density at radius 1 is 1.33 bits per heavy atom. The van der Waals surface area contributed by atoms with E-state index < -0.39 is 0 Å². The molecule has 0 fully saturated rings. The first kappa shape index (κ1) is 14.7. The van der Waals surface area contributed by atoms with Gasteiger partial charge in [-0.1, -0.05) is 23.8 Å². The van der Waals surface area contributed by atoms with Crippen molar-refractivity contribution < 1.29 is 4.79 Å². The molecule has 0 saturated carbocycles. The van der Waals surface area contributed by atoms with Gasteiger partial charge in [0.1, 0.15) is 0 Å². The molecule has 0 saturated heterocycles. The van der Waals surface area contributed by atoms with Crippen LogP contribution in [0.4, 0.5) is 0 Å². The molecule has 0 aliphatic carbocycles. The Kier molecular flexibility index (Phi) is 5.86. The van der Waals surface area contributed by atoms with E-state index >= 15 is 0 Å². The van der Waals surface area contributed by atoms with E-state index in [0.717, 1.165) is 19.5 Å². The minimum atomic E-state index is 0.203. The average Bonchev–Trinajstić information content (AvgIpc) is 2.36. The molecular formula is C15H24N2O. The van der Waals surface area contributed by atoms with Crippen molar-refractivity contribution in [3.63, 3.8) is 0 Å². The summed E-state index contributed by atoms with van der Waals surface area (Å²) in [5, 5.41) is 3.00. The molecule has 1 aromatic carbocycles. The molecule has 0 unspecified atom stereocenters. The molecule has 0 bridgehead atoms. The number of aryl methyl sites for hydroxylation is 2. The van der Waals surface area contributed by atoms with Crippen LogP contribution in [0.2, 0.25) is 0 Å². The highest BCUT2D eigenvalue weighted by Crippen LogP contribution is 2.11. The quantitative estimate of drug-likeness (QED) is 0.834. The lowest BCUT2D eigenvalue weighted by atomic mass is 10.0. The lowest BCUT2D eigenvalue weighted by Crippen LogP contribution is -2.31. The maximum atomic E-state index is 11.8. The van der Waals surface area contributed by atoms with E-state index in [1.807, 2.05) is 19.0 Å². The highest BCUT2D eigenvalue weighted by atomic mass is 16.2. The SMILES string of the molecule is CNCCC(=O)N(C)CCc1cc(C)ccc1C. The van der Waals surface area contributed by atoms with Gasteiger partial charge >= 0.3 is 0 Å². The van der Waals surface area contributed by atoms with Crippen LogP contribution in [0.1, 0.15) is 23.1 Å². The van der Waals surface area contributed by atoms with Crippen molar-refractivity contribution in [2.45, 2.75) is 26.7 Å². The summed E-state index contributed by atoms with van der Waals surface area (Å²) >= 11 is 0. The molecule has 0 heterocycles. The second-order valence-electron chi connectivity index (χ2n) is 4.85. The summed E-state index contributed by atoms with van der Waals surface area (Å²) in [6, 6.07) is 6.48. The lowest BCUT2D eigenvalue weighted by Gasteiger charge is -2.18. The molecule has 18 heavy (non-hydrogen) atoms. The Morgan fingerprint density at radius 3 is 2.72 bits per heavy atom. The normalized spacial score (nSPS) is 10.4. The van der Waals surface area contributed by atoms with Crippen LogP contribution in [0.25, 0.3) is 0 Å². The third-order valence-electron chi connectivity index (χ3n) is 3.24. The smallest absolute Gasteiger partial charge is 0.223 e. The standard InChI is InChI=1S/C15H24N2O/c1-12-5-6-13(2)14(11-12)8-10-17(4)15(18)7-9-16-3/h5-6,11,16H,7-10H2,1-4H3. The monoisotopic (exact) mass is 248 g/mol. The highest BCUT2D eigenvalue weighted by Gasteiger charge is 2.08. The van der Waals surface area contributed by atoms with Crippen LogP contribution in [-0.4, -0.2) is 38.0 Å². The van der Waals surface area contributed by atoms with E-state index in [-0.39, 0.29) is 5.91 Å². The molecule has 0 spiro atoms. The molecule has 1 amide bonds. The summed E-state index contributed by atoms with van der Waals surface area (Å²) < 4.78 is 0. The minimum absolute atomic E-state index is 0.203. The lowest BCUT2D eigenvalue weighted by molar-refractivity contribution is -0.129. The van der Waals surface area contributed by atoms with Gasteiger partial charge in [-0.15, -0.1) is 0 Å². The molecule has 3 heteroatoms. The molecule has 0 aliphatic rings. The number of amides is 1. The van der Waals surface area contributed by atoms with Gasteiger partial charge in [0.25, 0.3) is 0 Å². The summed E-state index contributed by atoms with van der Waals surface area (Å²) in [5.74, 6) is 0.203. The summed E-state index contributed by atoms with van der Waals surface area (Å²) in [6.07, 6.45) is 1.50. The number of rotatable bonds is 6. The number of nitrogens with zero attached hydrogens (tertiary/aromatic N) is 1. The van der Waals surface area contributed by atoms with Gasteiger partial charge in [-0.2, -0.15) is 0 Å². The zero-order chi connectivity index (χ0) is 13.5. The van der Waals surface area contributed by atoms with E-state index in [9.17, 15) is 4.79 Å². The van der Waals surface area contributed by atoms with Crippen LogP contribution in [0, 0.1) is 13.8 Å². The first-order chi connectivity index (χ1) is 8.54. The van der Waals surface area contributed by atoms with Gasteiger partial charge in [-0.25, -0.2) is 0 Å². The van der Waals surface area contributed by atoms with E-state index in [4.69, 9.17) is 0 Å². The van der Waals surface area contributed by atoms with E-state index in [1.165, 1.54) is 16.7 Å². The van der Waals surface area contributed by atoms with Gasteiger partial charge in [0.15, 0.2) is 0 Å². The van der Waals surface area contributed by atoms with E-state index in [0.29, 0.717) is 6.42 Å². The van der Waals surface area contributed by atoms with Crippen LogP contribution in [0.3, 0.4) is 0 Å². The molecule has 3 nitrogen and oxygen atoms in total. The minimum Gasteiger partial charge on any atom is -0.345 e. The zero-order valence-corrected chi connectivity index (χ0v) is 11.9. The highest BCUT2D eigenvalue weighted by molar-refractivity contribution is 5.76. The molecule has 0 radical (unpaired) electrons. The largest absolute Gasteiger partial charge is 0.345 e. The van der Waals surface area contributed by atoms with Crippen LogP contribution >= 0.6 is 0 Å². The van der Waals surface area contributed by atoms with Crippen molar-refractivity contribution in [1.82, 2.24) is 10.2 Å². The number of carbonyl (C=O) groups excluding carboxylic acids is 1. The molecule has 1 rings (SSSR count). The maximum Gasteiger partial charge on any atom is 0.223 e. The first-order valence-corrected chi connectivity index (χ1v) is 6.49.